The third kappa shape index (κ3) is 5.73. The van der Waals surface area contributed by atoms with E-state index in [4.69, 9.17) is 16.2 Å². The average Bonchev–Trinajstić information content (AvgIpc) is 2.86. The predicted molar refractivity (Wildman–Crippen MR) is 134 cm³/mol. The van der Waals surface area contributed by atoms with Crippen molar-refractivity contribution in [2.75, 3.05) is 11.1 Å². The van der Waals surface area contributed by atoms with E-state index in [0.717, 1.165) is 11.3 Å². The zero-order valence-corrected chi connectivity index (χ0v) is 19.4. The molecule has 34 heavy (non-hydrogen) atoms. The zero-order chi connectivity index (χ0) is 23.9. The minimum Gasteiger partial charge on any atom is -0.457 e. The number of ether oxygens (including phenoxy) is 1. The van der Waals surface area contributed by atoms with Crippen LogP contribution < -0.4 is 16.8 Å². The number of aliphatic imine (C=N–C) groups is 1. The molecule has 0 radical (unpaired) electrons. The van der Waals surface area contributed by atoms with Crippen molar-refractivity contribution in [3.8, 4) is 11.3 Å². The van der Waals surface area contributed by atoms with Crippen LogP contribution in [0.2, 0.25) is 0 Å². The SMILES string of the molecule is NC(=Nc1ccc(-c2ccccc2)nn1)Nc1ccccc1COC(=O)c1cc(Br)cnc1N. The molecule has 170 valence electrons. The molecule has 0 spiro atoms. The van der Waals surface area contributed by atoms with Gasteiger partial charge >= 0.3 is 5.97 Å². The molecule has 0 aliphatic rings. The fourth-order valence-corrected chi connectivity index (χ4v) is 3.37. The number of para-hydroxylation sites is 1. The number of nitrogen functional groups attached to an aromatic ring is 1. The lowest BCUT2D eigenvalue weighted by Crippen LogP contribution is -2.23. The lowest BCUT2D eigenvalue weighted by Gasteiger charge is -2.12. The number of nitrogens with two attached hydrogens (primary N) is 2. The van der Waals surface area contributed by atoms with Gasteiger partial charge in [-0.3, -0.25) is 0 Å². The molecule has 0 aliphatic heterocycles. The van der Waals surface area contributed by atoms with E-state index < -0.39 is 5.97 Å². The van der Waals surface area contributed by atoms with Crippen molar-refractivity contribution in [1.82, 2.24) is 15.2 Å². The molecule has 4 rings (SSSR count). The van der Waals surface area contributed by atoms with Crippen molar-refractivity contribution in [2.45, 2.75) is 6.61 Å². The van der Waals surface area contributed by atoms with Crippen LogP contribution in [0.5, 0.6) is 0 Å². The highest BCUT2D eigenvalue weighted by Gasteiger charge is 2.14. The summed E-state index contributed by atoms with van der Waals surface area (Å²) < 4.78 is 6.05. The predicted octanol–water partition coefficient (Wildman–Crippen LogP) is 4.30. The van der Waals surface area contributed by atoms with Crippen molar-refractivity contribution in [3.05, 3.63) is 94.6 Å². The van der Waals surface area contributed by atoms with E-state index in [-0.39, 0.29) is 23.9 Å². The average molecular weight is 518 g/mol. The maximum atomic E-state index is 12.4. The topological polar surface area (TPSA) is 141 Å². The van der Waals surface area contributed by atoms with Crippen LogP contribution in [0.3, 0.4) is 0 Å². The summed E-state index contributed by atoms with van der Waals surface area (Å²) in [6.45, 7) is -0.00712. The molecule has 0 unspecified atom stereocenters. The number of pyridine rings is 1. The molecular formula is C24H20BrN7O2. The number of benzene rings is 2. The van der Waals surface area contributed by atoms with E-state index >= 15 is 0 Å². The fraction of sp³-hybridized carbons (Fsp3) is 0.0417. The number of nitrogens with zero attached hydrogens (tertiary/aromatic N) is 4. The summed E-state index contributed by atoms with van der Waals surface area (Å²) in [5.41, 5.74) is 15.1. The van der Waals surface area contributed by atoms with Crippen LogP contribution in [0.1, 0.15) is 15.9 Å². The third-order valence-corrected chi connectivity index (χ3v) is 5.13. The Balaban J connectivity index is 1.43. The number of hydrogen-bond acceptors (Lipinski definition) is 7. The van der Waals surface area contributed by atoms with Gasteiger partial charge in [-0.25, -0.2) is 9.78 Å². The molecule has 9 nitrogen and oxygen atoms in total. The van der Waals surface area contributed by atoms with Crippen LogP contribution in [0.25, 0.3) is 11.3 Å². The van der Waals surface area contributed by atoms with Crippen LogP contribution in [0.15, 0.2) is 88.5 Å². The Kier molecular flexibility index (Phi) is 7.09. The number of anilines is 2. The number of nitrogens with one attached hydrogen (secondary N) is 1. The van der Waals surface area contributed by atoms with Gasteiger partial charge in [0.15, 0.2) is 11.8 Å². The van der Waals surface area contributed by atoms with E-state index in [9.17, 15) is 4.79 Å². The fourth-order valence-electron chi connectivity index (χ4n) is 3.04. The van der Waals surface area contributed by atoms with E-state index in [1.54, 1.807) is 24.3 Å². The lowest BCUT2D eigenvalue weighted by molar-refractivity contribution is 0.0474. The van der Waals surface area contributed by atoms with Crippen LogP contribution in [-0.2, 0) is 11.3 Å². The summed E-state index contributed by atoms with van der Waals surface area (Å²) in [5.74, 6) is -0.0286. The number of esters is 1. The maximum absolute atomic E-state index is 12.4. The van der Waals surface area contributed by atoms with Gasteiger partial charge in [-0.2, -0.15) is 4.99 Å². The Morgan fingerprint density at radius 2 is 1.79 bits per heavy atom. The molecule has 0 amide bonds. The normalized spacial score (nSPS) is 11.1. The molecule has 10 heteroatoms. The highest BCUT2D eigenvalue weighted by Crippen LogP contribution is 2.21. The summed E-state index contributed by atoms with van der Waals surface area (Å²) >= 11 is 3.27. The first kappa shape index (κ1) is 22.9. The number of carbonyl (C=O) groups is 1. The third-order valence-electron chi connectivity index (χ3n) is 4.70. The van der Waals surface area contributed by atoms with Gasteiger partial charge in [-0.15, -0.1) is 10.2 Å². The molecule has 2 aromatic heterocycles. The Bertz CT molecular complexity index is 1330. The molecule has 0 fully saturated rings. The largest absolute Gasteiger partial charge is 0.457 e. The van der Waals surface area contributed by atoms with E-state index in [2.05, 4.69) is 41.4 Å². The molecule has 0 atom stereocenters. The first-order valence-electron chi connectivity index (χ1n) is 10.2. The quantitative estimate of drug-likeness (QED) is 0.195. The number of guanidine groups is 1. The zero-order valence-electron chi connectivity index (χ0n) is 17.9. The second kappa shape index (κ2) is 10.5. The molecule has 2 heterocycles. The number of halogens is 1. The van der Waals surface area contributed by atoms with Gasteiger partial charge in [0.25, 0.3) is 0 Å². The highest BCUT2D eigenvalue weighted by atomic mass is 79.9. The Morgan fingerprint density at radius 1 is 1.03 bits per heavy atom. The first-order chi connectivity index (χ1) is 16.5. The molecule has 5 N–H and O–H groups in total. The molecule has 2 aromatic carbocycles. The standard InChI is InChI=1S/C24H20BrN7O2/c25-17-12-18(22(26)28-13-17)23(33)34-14-16-8-4-5-9-19(16)29-24(27)30-21-11-10-20(31-32-21)15-6-2-1-3-7-15/h1-13H,14H2,(H2,26,28)(H3,27,29,30,32). The van der Waals surface area contributed by atoms with Crippen molar-refractivity contribution in [2.24, 2.45) is 10.7 Å². The summed E-state index contributed by atoms with van der Waals surface area (Å²) in [5, 5.41) is 11.3. The van der Waals surface area contributed by atoms with Crippen LogP contribution in [-0.4, -0.2) is 27.1 Å². The molecular weight excluding hydrogens is 498 g/mol. The monoisotopic (exact) mass is 517 g/mol. The van der Waals surface area contributed by atoms with Gasteiger partial charge in [0, 0.05) is 27.5 Å². The minimum atomic E-state index is -0.587. The summed E-state index contributed by atoms with van der Waals surface area (Å²) in [6.07, 6.45) is 1.51. The van der Waals surface area contributed by atoms with Crippen molar-refractivity contribution in [1.29, 1.82) is 0 Å². The molecule has 0 aliphatic carbocycles. The van der Waals surface area contributed by atoms with E-state index in [1.807, 2.05) is 48.5 Å². The van der Waals surface area contributed by atoms with Crippen LogP contribution in [0, 0.1) is 0 Å². The first-order valence-corrected chi connectivity index (χ1v) is 11.0. The molecule has 4 aromatic rings. The van der Waals surface area contributed by atoms with Crippen molar-refractivity contribution < 1.29 is 9.53 Å². The Labute approximate surface area is 204 Å². The van der Waals surface area contributed by atoms with Crippen LogP contribution >= 0.6 is 15.9 Å². The second-order valence-corrected chi connectivity index (χ2v) is 8.00. The molecule has 0 saturated carbocycles. The van der Waals surface area contributed by atoms with Gasteiger partial charge in [-0.1, -0.05) is 48.5 Å². The lowest BCUT2D eigenvalue weighted by atomic mass is 10.1. The maximum Gasteiger partial charge on any atom is 0.342 e. The second-order valence-electron chi connectivity index (χ2n) is 7.08. The summed E-state index contributed by atoms with van der Waals surface area (Å²) in [4.78, 5) is 20.7. The summed E-state index contributed by atoms with van der Waals surface area (Å²) in [7, 11) is 0. The van der Waals surface area contributed by atoms with Gasteiger partial charge in [0.2, 0.25) is 0 Å². The van der Waals surface area contributed by atoms with Gasteiger partial charge in [0.05, 0.1) is 5.69 Å². The number of aromatic nitrogens is 3. The van der Waals surface area contributed by atoms with Crippen LogP contribution in [0.4, 0.5) is 17.3 Å². The highest BCUT2D eigenvalue weighted by molar-refractivity contribution is 9.10. The molecule has 0 saturated heterocycles. The van der Waals surface area contributed by atoms with Crippen molar-refractivity contribution >= 4 is 45.2 Å². The number of rotatable bonds is 6. The summed E-state index contributed by atoms with van der Waals surface area (Å²) in [6, 6.07) is 22.1. The number of carbonyl (C=O) groups excluding carboxylic acids is 1. The van der Waals surface area contributed by atoms with Gasteiger partial charge < -0.3 is 21.5 Å². The minimum absolute atomic E-state index is 0.00712. The Hall–Kier alpha value is -4.31. The van der Waals surface area contributed by atoms with Gasteiger partial charge in [-0.05, 0) is 40.2 Å². The number of hydrogen-bond donors (Lipinski definition) is 3. The van der Waals surface area contributed by atoms with Crippen molar-refractivity contribution in [3.63, 3.8) is 0 Å². The Morgan fingerprint density at radius 3 is 2.56 bits per heavy atom. The van der Waals surface area contributed by atoms with Gasteiger partial charge in [0.1, 0.15) is 18.0 Å². The van der Waals surface area contributed by atoms with E-state index in [1.165, 1.54) is 6.20 Å². The molecule has 0 bridgehead atoms. The van der Waals surface area contributed by atoms with E-state index in [0.29, 0.717) is 21.5 Å². The smallest absolute Gasteiger partial charge is 0.342 e.